The van der Waals surface area contributed by atoms with E-state index < -0.39 is 17.4 Å². The number of Topliss-reactive ketones (excluding diaryl/α,β-unsaturated/α-hetero) is 1. The zero-order valence-corrected chi connectivity index (χ0v) is 11.7. The second-order valence-electron chi connectivity index (χ2n) is 5.04. The smallest absolute Gasteiger partial charge is 0.196 e. The summed E-state index contributed by atoms with van der Waals surface area (Å²) in [6.07, 6.45) is 3.45. The third kappa shape index (κ3) is 2.48. The standard InChI is InChI=1S/C18H11F2O2/c1-10(21)11-2-6-13(7-3-11)18(22)16-14(12-4-5-12)8-9-15(19)17(16)20/h2-9H,1H3. The van der Waals surface area contributed by atoms with Gasteiger partial charge in [-0.1, -0.05) is 36.4 Å². The zero-order chi connectivity index (χ0) is 15.9. The van der Waals surface area contributed by atoms with Gasteiger partial charge in [0.25, 0.3) is 0 Å². The molecule has 2 aromatic carbocycles. The molecule has 3 rings (SSSR count). The van der Waals surface area contributed by atoms with E-state index in [0.29, 0.717) is 16.7 Å². The molecule has 0 saturated carbocycles. The number of ketones is 2. The van der Waals surface area contributed by atoms with Gasteiger partial charge in [-0.15, -0.1) is 0 Å². The van der Waals surface area contributed by atoms with Crippen molar-refractivity contribution in [2.24, 2.45) is 0 Å². The Bertz CT molecular complexity index is 818. The van der Waals surface area contributed by atoms with Gasteiger partial charge in [0.05, 0.1) is 5.56 Å². The van der Waals surface area contributed by atoms with Crippen molar-refractivity contribution in [2.45, 2.75) is 6.92 Å². The van der Waals surface area contributed by atoms with E-state index >= 15 is 0 Å². The van der Waals surface area contributed by atoms with E-state index in [0.717, 1.165) is 6.07 Å². The summed E-state index contributed by atoms with van der Waals surface area (Å²) in [4.78, 5) is 23.8. The molecule has 0 fully saturated rings. The molecule has 0 amide bonds. The summed E-state index contributed by atoms with van der Waals surface area (Å²) >= 11 is 0. The first kappa shape index (κ1) is 14.3. The van der Waals surface area contributed by atoms with Crippen LogP contribution in [0.25, 0.3) is 5.57 Å². The van der Waals surface area contributed by atoms with Crippen LogP contribution in [0, 0.1) is 18.1 Å². The molecule has 109 valence electrons. The lowest BCUT2D eigenvalue weighted by molar-refractivity contribution is 0.101. The normalized spacial score (nSPS) is 12.8. The van der Waals surface area contributed by atoms with Crippen LogP contribution in [0.2, 0.25) is 0 Å². The molecule has 0 aromatic heterocycles. The molecular weight excluding hydrogens is 286 g/mol. The topological polar surface area (TPSA) is 34.1 Å². The summed E-state index contributed by atoms with van der Waals surface area (Å²) in [5.41, 5.74) is 1.46. The molecule has 0 aliphatic heterocycles. The van der Waals surface area contributed by atoms with Crippen molar-refractivity contribution in [3.63, 3.8) is 0 Å². The highest BCUT2D eigenvalue weighted by Gasteiger charge is 2.25. The third-order valence-electron chi connectivity index (χ3n) is 3.52. The van der Waals surface area contributed by atoms with Gasteiger partial charge >= 0.3 is 0 Å². The highest BCUT2D eigenvalue weighted by Crippen LogP contribution is 2.34. The number of allylic oxidation sites excluding steroid dienone is 2. The van der Waals surface area contributed by atoms with Gasteiger partial charge in [-0.3, -0.25) is 9.59 Å². The van der Waals surface area contributed by atoms with Crippen LogP contribution in [0.1, 0.15) is 38.8 Å². The van der Waals surface area contributed by atoms with Crippen LogP contribution in [0.3, 0.4) is 0 Å². The van der Waals surface area contributed by atoms with Crippen molar-refractivity contribution in [1.82, 2.24) is 0 Å². The molecular formula is C18H11F2O2. The van der Waals surface area contributed by atoms with Crippen molar-refractivity contribution in [1.29, 1.82) is 0 Å². The molecule has 0 unspecified atom stereocenters. The quantitative estimate of drug-likeness (QED) is 0.799. The predicted octanol–water partition coefficient (Wildman–Crippen LogP) is 4.00. The Hall–Kier alpha value is -2.62. The van der Waals surface area contributed by atoms with E-state index in [9.17, 15) is 18.4 Å². The zero-order valence-electron chi connectivity index (χ0n) is 11.7. The van der Waals surface area contributed by atoms with Crippen molar-refractivity contribution < 1.29 is 18.4 Å². The highest BCUT2D eigenvalue weighted by atomic mass is 19.2. The minimum Gasteiger partial charge on any atom is -0.295 e. The van der Waals surface area contributed by atoms with Crippen LogP contribution >= 0.6 is 0 Å². The highest BCUT2D eigenvalue weighted by molar-refractivity contribution is 6.13. The molecule has 0 heterocycles. The van der Waals surface area contributed by atoms with E-state index in [1.165, 1.54) is 37.3 Å². The number of hydrogen-bond donors (Lipinski definition) is 0. The first-order chi connectivity index (χ1) is 10.5. The van der Waals surface area contributed by atoms with Crippen molar-refractivity contribution in [3.8, 4) is 0 Å². The lowest BCUT2D eigenvalue weighted by atomic mass is 9.95. The van der Waals surface area contributed by atoms with Crippen LogP contribution in [0.5, 0.6) is 0 Å². The fraction of sp³-hybridized carbons (Fsp3) is 0.0556. The van der Waals surface area contributed by atoms with Crippen molar-refractivity contribution >= 4 is 17.1 Å². The Morgan fingerprint density at radius 1 is 0.909 bits per heavy atom. The van der Waals surface area contributed by atoms with Crippen LogP contribution in [-0.2, 0) is 0 Å². The minimum atomic E-state index is -1.15. The van der Waals surface area contributed by atoms with Gasteiger partial charge in [0.1, 0.15) is 0 Å². The summed E-state index contributed by atoms with van der Waals surface area (Å²) in [6.45, 7) is 1.41. The number of rotatable bonds is 4. The molecule has 0 spiro atoms. The largest absolute Gasteiger partial charge is 0.295 e. The molecule has 2 aromatic rings. The molecule has 0 saturated heterocycles. The second-order valence-corrected chi connectivity index (χ2v) is 5.04. The third-order valence-corrected chi connectivity index (χ3v) is 3.52. The van der Waals surface area contributed by atoms with E-state index in [4.69, 9.17) is 0 Å². The predicted molar refractivity (Wildman–Crippen MR) is 78.5 cm³/mol. The maximum atomic E-state index is 14.1. The van der Waals surface area contributed by atoms with Gasteiger partial charge < -0.3 is 0 Å². The second kappa shape index (κ2) is 5.30. The van der Waals surface area contributed by atoms with E-state index in [1.54, 1.807) is 12.5 Å². The molecule has 22 heavy (non-hydrogen) atoms. The van der Waals surface area contributed by atoms with Crippen molar-refractivity contribution in [3.05, 3.63) is 82.8 Å². The monoisotopic (exact) mass is 297 g/mol. The molecule has 1 radical (unpaired) electrons. The Morgan fingerprint density at radius 2 is 1.50 bits per heavy atom. The van der Waals surface area contributed by atoms with Crippen LogP contribution in [0.15, 0.2) is 42.5 Å². The Labute approximate surface area is 126 Å². The van der Waals surface area contributed by atoms with Crippen LogP contribution in [-0.4, -0.2) is 11.6 Å². The number of benzene rings is 2. The van der Waals surface area contributed by atoms with E-state index in [1.807, 2.05) is 0 Å². The maximum absolute atomic E-state index is 14.1. The van der Waals surface area contributed by atoms with Gasteiger partial charge in [0, 0.05) is 17.5 Å². The van der Waals surface area contributed by atoms with Gasteiger partial charge in [-0.25, -0.2) is 8.78 Å². The summed E-state index contributed by atoms with van der Waals surface area (Å²) in [7, 11) is 0. The Kier molecular flexibility index (Phi) is 3.45. The lowest BCUT2D eigenvalue weighted by Crippen LogP contribution is -2.09. The van der Waals surface area contributed by atoms with Crippen molar-refractivity contribution in [2.75, 3.05) is 0 Å². The number of halogens is 2. The Balaban J connectivity index is 2.07. The van der Waals surface area contributed by atoms with Gasteiger partial charge in [-0.2, -0.15) is 0 Å². The van der Waals surface area contributed by atoms with Gasteiger partial charge in [-0.05, 0) is 24.1 Å². The van der Waals surface area contributed by atoms with E-state index in [-0.39, 0.29) is 16.9 Å². The summed E-state index contributed by atoms with van der Waals surface area (Å²) < 4.78 is 27.6. The fourth-order valence-corrected chi connectivity index (χ4v) is 2.24. The molecule has 4 heteroatoms. The van der Waals surface area contributed by atoms with Gasteiger partial charge in [0.15, 0.2) is 23.2 Å². The minimum absolute atomic E-state index is 0.130. The SMILES string of the molecule is CC(=O)c1ccc(C(=O)c2c(C3=C[CH]3)ccc(F)c2F)cc1. The lowest BCUT2D eigenvalue weighted by Gasteiger charge is -2.09. The maximum Gasteiger partial charge on any atom is 0.196 e. The Morgan fingerprint density at radius 3 is 2.05 bits per heavy atom. The molecule has 0 N–H and O–H groups in total. The molecule has 0 atom stereocenters. The van der Waals surface area contributed by atoms with Crippen LogP contribution in [0.4, 0.5) is 8.78 Å². The molecule has 0 bridgehead atoms. The number of hydrogen-bond acceptors (Lipinski definition) is 2. The number of carbonyl (C=O) groups excluding carboxylic acids is 2. The fourth-order valence-electron chi connectivity index (χ4n) is 2.24. The summed E-state index contributed by atoms with van der Waals surface area (Å²) in [6, 6.07) is 8.28. The summed E-state index contributed by atoms with van der Waals surface area (Å²) in [5, 5.41) is 0. The molecule has 2 nitrogen and oxygen atoms in total. The molecule has 1 aliphatic rings. The average Bonchev–Trinajstić information content (AvgIpc) is 3.34. The number of carbonyl (C=O) groups is 2. The average molecular weight is 297 g/mol. The van der Waals surface area contributed by atoms with E-state index in [2.05, 4.69) is 0 Å². The van der Waals surface area contributed by atoms with Crippen LogP contribution < -0.4 is 0 Å². The first-order valence-electron chi connectivity index (χ1n) is 6.68. The van der Waals surface area contributed by atoms with Gasteiger partial charge in [0.2, 0.25) is 0 Å². The summed E-state index contributed by atoms with van der Waals surface area (Å²) in [5.74, 6) is -2.95. The first-order valence-corrected chi connectivity index (χ1v) is 6.68. The molecule has 1 aliphatic carbocycles.